The molecule has 1 heterocycles. The second kappa shape index (κ2) is 6.24. The van der Waals surface area contributed by atoms with Crippen molar-refractivity contribution in [1.82, 2.24) is 4.98 Å². The van der Waals surface area contributed by atoms with E-state index in [2.05, 4.69) is 22.4 Å². The van der Waals surface area contributed by atoms with Gasteiger partial charge in [-0.3, -0.25) is 4.79 Å². The third-order valence-electron chi connectivity index (χ3n) is 4.09. The third kappa shape index (κ3) is 3.15. The predicted molar refractivity (Wildman–Crippen MR) is 98.1 cm³/mol. The first-order valence-corrected chi connectivity index (χ1v) is 7.94. The quantitative estimate of drug-likeness (QED) is 0.531. The Balaban J connectivity index is 1.53. The Morgan fingerprint density at radius 3 is 2.32 bits per heavy atom. The van der Waals surface area contributed by atoms with Crippen molar-refractivity contribution in [2.45, 2.75) is 0 Å². The van der Waals surface area contributed by atoms with Gasteiger partial charge in [0.05, 0.1) is 0 Å². The second-order valence-electron chi connectivity index (χ2n) is 5.81. The normalized spacial score (nSPS) is 10.8. The largest absolute Gasteiger partial charge is 0.355 e. The smallest absolute Gasteiger partial charge is 0.255 e. The van der Waals surface area contributed by atoms with Gasteiger partial charge < -0.3 is 10.3 Å². The van der Waals surface area contributed by atoms with E-state index in [0.717, 1.165) is 22.2 Å². The van der Waals surface area contributed by atoms with Crippen LogP contribution in [0.1, 0.15) is 10.4 Å². The highest BCUT2D eigenvalue weighted by atomic mass is 19.1. The number of carbonyl (C=O) groups excluding carboxylic acids is 1. The standard InChI is InChI=1S/C21H15FN2O/c22-17-9-5-15(6-10-17)21(25)23-18-11-7-14(8-12-18)20-13-16-3-1-2-4-19(16)24-20/h1-13,24H,(H,23,25). The first-order valence-electron chi connectivity index (χ1n) is 7.94. The van der Waals surface area contributed by atoms with Gasteiger partial charge in [0.1, 0.15) is 5.82 Å². The van der Waals surface area contributed by atoms with Crippen molar-refractivity contribution in [3.8, 4) is 11.3 Å². The number of amides is 1. The molecule has 0 bridgehead atoms. The fraction of sp³-hybridized carbons (Fsp3) is 0. The fourth-order valence-electron chi connectivity index (χ4n) is 2.77. The average Bonchev–Trinajstić information content (AvgIpc) is 3.07. The number of benzene rings is 3. The van der Waals surface area contributed by atoms with Crippen LogP contribution in [-0.4, -0.2) is 10.9 Å². The van der Waals surface area contributed by atoms with Crippen molar-refractivity contribution in [2.24, 2.45) is 0 Å². The van der Waals surface area contributed by atoms with Crippen LogP contribution in [0.25, 0.3) is 22.2 Å². The summed E-state index contributed by atoms with van der Waals surface area (Å²) in [5.74, 6) is -0.627. The molecule has 0 radical (unpaired) electrons. The summed E-state index contributed by atoms with van der Waals surface area (Å²) in [6.07, 6.45) is 0. The molecular weight excluding hydrogens is 315 g/mol. The van der Waals surface area contributed by atoms with E-state index in [1.165, 1.54) is 24.3 Å². The van der Waals surface area contributed by atoms with Gasteiger partial charge in [-0.25, -0.2) is 4.39 Å². The molecule has 25 heavy (non-hydrogen) atoms. The molecule has 0 fully saturated rings. The van der Waals surface area contributed by atoms with Crippen LogP contribution in [0.4, 0.5) is 10.1 Å². The molecule has 3 nitrogen and oxygen atoms in total. The van der Waals surface area contributed by atoms with Gasteiger partial charge in [-0.2, -0.15) is 0 Å². The van der Waals surface area contributed by atoms with E-state index in [9.17, 15) is 9.18 Å². The number of anilines is 1. The molecular formula is C21H15FN2O. The lowest BCUT2D eigenvalue weighted by molar-refractivity contribution is 0.102. The van der Waals surface area contributed by atoms with Crippen LogP contribution in [0.5, 0.6) is 0 Å². The maximum absolute atomic E-state index is 12.9. The van der Waals surface area contributed by atoms with E-state index < -0.39 is 0 Å². The average molecular weight is 330 g/mol. The van der Waals surface area contributed by atoms with E-state index in [0.29, 0.717) is 11.3 Å². The van der Waals surface area contributed by atoms with Crippen molar-refractivity contribution in [3.05, 3.63) is 90.2 Å². The molecule has 1 amide bonds. The van der Waals surface area contributed by atoms with Crippen LogP contribution in [0.15, 0.2) is 78.9 Å². The summed E-state index contributed by atoms with van der Waals surface area (Å²) in [4.78, 5) is 15.5. The molecule has 0 saturated carbocycles. The Kier molecular flexibility index (Phi) is 3.78. The van der Waals surface area contributed by atoms with Crippen molar-refractivity contribution >= 4 is 22.5 Å². The molecule has 1 aromatic heterocycles. The lowest BCUT2D eigenvalue weighted by Gasteiger charge is -2.06. The zero-order valence-corrected chi connectivity index (χ0v) is 13.3. The summed E-state index contributed by atoms with van der Waals surface area (Å²) < 4.78 is 12.9. The van der Waals surface area contributed by atoms with Crippen molar-refractivity contribution in [3.63, 3.8) is 0 Å². The maximum Gasteiger partial charge on any atom is 0.255 e. The minimum atomic E-state index is -0.362. The Morgan fingerprint density at radius 1 is 0.880 bits per heavy atom. The van der Waals surface area contributed by atoms with Gasteiger partial charge in [0.25, 0.3) is 5.91 Å². The molecule has 0 aliphatic heterocycles. The Hall–Kier alpha value is -3.40. The zero-order chi connectivity index (χ0) is 17.2. The summed E-state index contributed by atoms with van der Waals surface area (Å²) in [6.45, 7) is 0. The number of para-hydroxylation sites is 1. The van der Waals surface area contributed by atoms with E-state index in [4.69, 9.17) is 0 Å². The lowest BCUT2D eigenvalue weighted by atomic mass is 10.1. The summed E-state index contributed by atoms with van der Waals surface area (Å²) in [5.41, 5.74) is 4.26. The number of hydrogen-bond acceptors (Lipinski definition) is 1. The highest BCUT2D eigenvalue weighted by molar-refractivity contribution is 6.04. The number of aromatic amines is 1. The minimum Gasteiger partial charge on any atom is -0.355 e. The van der Waals surface area contributed by atoms with Gasteiger partial charge in [-0.05, 0) is 54.1 Å². The zero-order valence-electron chi connectivity index (χ0n) is 13.3. The van der Waals surface area contributed by atoms with Gasteiger partial charge in [0, 0.05) is 27.8 Å². The molecule has 4 aromatic rings. The Labute approximate surface area is 144 Å². The number of H-pyrrole nitrogens is 1. The Morgan fingerprint density at radius 2 is 1.60 bits per heavy atom. The molecule has 0 spiro atoms. The van der Waals surface area contributed by atoms with Gasteiger partial charge in [0.2, 0.25) is 0 Å². The lowest BCUT2D eigenvalue weighted by Crippen LogP contribution is -2.11. The molecule has 4 rings (SSSR count). The SMILES string of the molecule is O=C(Nc1ccc(-c2cc3ccccc3[nH]2)cc1)c1ccc(F)cc1. The molecule has 0 unspecified atom stereocenters. The molecule has 4 heteroatoms. The second-order valence-corrected chi connectivity index (χ2v) is 5.81. The van der Waals surface area contributed by atoms with Crippen molar-refractivity contribution in [1.29, 1.82) is 0 Å². The molecule has 2 N–H and O–H groups in total. The number of halogens is 1. The number of nitrogens with one attached hydrogen (secondary N) is 2. The molecule has 0 saturated heterocycles. The van der Waals surface area contributed by atoms with E-state index >= 15 is 0 Å². The van der Waals surface area contributed by atoms with Crippen LogP contribution in [0.2, 0.25) is 0 Å². The van der Waals surface area contributed by atoms with Crippen molar-refractivity contribution < 1.29 is 9.18 Å². The van der Waals surface area contributed by atoms with E-state index in [1.54, 1.807) is 0 Å². The molecule has 0 atom stereocenters. The van der Waals surface area contributed by atoms with Crippen LogP contribution < -0.4 is 5.32 Å². The van der Waals surface area contributed by atoms with E-state index in [1.807, 2.05) is 42.5 Å². The number of rotatable bonds is 3. The number of fused-ring (bicyclic) bond motifs is 1. The van der Waals surface area contributed by atoms with Crippen LogP contribution in [0.3, 0.4) is 0 Å². The summed E-state index contributed by atoms with van der Waals surface area (Å²) in [7, 11) is 0. The topological polar surface area (TPSA) is 44.9 Å². The predicted octanol–water partition coefficient (Wildman–Crippen LogP) is 5.23. The van der Waals surface area contributed by atoms with E-state index in [-0.39, 0.29) is 11.7 Å². The number of aromatic nitrogens is 1. The van der Waals surface area contributed by atoms with Crippen LogP contribution >= 0.6 is 0 Å². The summed E-state index contributed by atoms with van der Waals surface area (Å²) in [6, 6.07) is 23.3. The monoisotopic (exact) mass is 330 g/mol. The van der Waals surface area contributed by atoms with Crippen LogP contribution in [-0.2, 0) is 0 Å². The fourth-order valence-corrected chi connectivity index (χ4v) is 2.77. The highest BCUT2D eigenvalue weighted by Crippen LogP contribution is 2.25. The molecule has 3 aromatic carbocycles. The number of carbonyl (C=O) groups is 1. The molecule has 122 valence electrons. The number of hydrogen-bond donors (Lipinski definition) is 2. The molecule has 0 aliphatic rings. The summed E-state index contributed by atoms with van der Waals surface area (Å²) >= 11 is 0. The van der Waals surface area contributed by atoms with Gasteiger partial charge in [0.15, 0.2) is 0 Å². The van der Waals surface area contributed by atoms with Gasteiger partial charge in [-0.1, -0.05) is 30.3 Å². The highest BCUT2D eigenvalue weighted by Gasteiger charge is 2.07. The van der Waals surface area contributed by atoms with Gasteiger partial charge >= 0.3 is 0 Å². The first kappa shape index (κ1) is 15.1. The van der Waals surface area contributed by atoms with Crippen LogP contribution in [0, 0.1) is 5.82 Å². The maximum atomic E-state index is 12.9. The molecule has 0 aliphatic carbocycles. The third-order valence-corrected chi connectivity index (χ3v) is 4.09. The summed E-state index contributed by atoms with van der Waals surface area (Å²) in [5, 5.41) is 3.97. The van der Waals surface area contributed by atoms with Gasteiger partial charge in [-0.15, -0.1) is 0 Å². The van der Waals surface area contributed by atoms with Crippen molar-refractivity contribution in [2.75, 3.05) is 5.32 Å². The first-order chi connectivity index (χ1) is 12.2. The Bertz CT molecular complexity index is 1000. The minimum absolute atomic E-state index is 0.265.